The second kappa shape index (κ2) is 15.4. The zero-order valence-electron chi connectivity index (χ0n) is 24.0. The topological polar surface area (TPSA) is 144 Å². The van der Waals surface area contributed by atoms with Crippen molar-refractivity contribution in [3.63, 3.8) is 0 Å². The summed E-state index contributed by atoms with van der Waals surface area (Å²) in [4.78, 5) is 26.8. The van der Waals surface area contributed by atoms with Crippen molar-refractivity contribution in [2.24, 2.45) is 5.41 Å². The van der Waals surface area contributed by atoms with Crippen LogP contribution in [0.15, 0.2) is 0 Å². The number of rotatable bonds is 13. The first kappa shape index (κ1) is 33.9. The predicted molar refractivity (Wildman–Crippen MR) is 153 cm³/mol. The third-order valence-corrected chi connectivity index (χ3v) is 6.98. The summed E-state index contributed by atoms with van der Waals surface area (Å²) in [6.45, 7) is 13.9. The lowest BCUT2D eigenvalue weighted by Crippen LogP contribution is -2.30. The monoisotopic (exact) mass is 556 g/mol. The van der Waals surface area contributed by atoms with Crippen LogP contribution >= 0.6 is 0 Å². The quantitative estimate of drug-likeness (QED) is 0.167. The number of carboxylic acids is 1. The summed E-state index contributed by atoms with van der Waals surface area (Å²) in [6, 6.07) is 0. The molecule has 0 aromatic heterocycles. The van der Waals surface area contributed by atoms with Gasteiger partial charge in [0.05, 0.1) is 17.8 Å². The zero-order chi connectivity index (χ0) is 29.1. The van der Waals surface area contributed by atoms with Gasteiger partial charge < -0.3 is 15.3 Å². The number of benzene rings is 1. The summed E-state index contributed by atoms with van der Waals surface area (Å²) in [6.07, 6.45) is 12.6. The van der Waals surface area contributed by atoms with Crippen LogP contribution in [0.5, 0.6) is 0 Å². The fourth-order valence-electron chi connectivity index (χ4n) is 4.84. The molecule has 0 radical (unpaired) electrons. The molecular formula is C28H48N2O7S. The molecule has 1 heterocycles. The van der Waals surface area contributed by atoms with Crippen LogP contribution in [0.1, 0.15) is 108 Å². The van der Waals surface area contributed by atoms with E-state index in [1.807, 2.05) is 34.6 Å². The lowest BCUT2D eigenvalue weighted by Gasteiger charge is -2.28. The summed E-state index contributed by atoms with van der Waals surface area (Å²) in [5, 5.41) is 12.7. The highest BCUT2D eigenvalue weighted by atomic mass is 32.3. The molecule has 2 rings (SSSR count). The summed E-state index contributed by atoms with van der Waals surface area (Å²) in [5.41, 5.74) is 5.44. The Hall–Kier alpha value is -2.17. The third-order valence-electron chi connectivity index (χ3n) is 6.98. The molecule has 0 bridgehead atoms. The van der Waals surface area contributed by atoms with E-state index < -0.39 is 21.8 Å². The van der Waals surface area contributed by atoms with Crippen molar-refractivity contribution in [2.45, 2.75) is 112 Å². The smallest absolute Gasteiger partial charge is 0.394 e. The molecule has 1 aliphatic rings. The molecule has 0 saturated heterocycles. The van der Waals surface area contributed by atoms with Gasteiger partial charge >= 0.3 is 16.4 Å². The molecule has 1 aromatic rings. The summed E-state index contributed by atoms with van der Waals surface area (Å²) in [7, 11) is -4.67. The number of nitrogens with one attached hydrogen (secondary N) is 1. The van der Waals surface area contributed by atoms with Crippen LogP contribution in [-0.4, -0.2) is 47.6 Å². The van der Waals surface area contributed by atoms with Gasteiger partial charge in [-0.2, -0.15) is 8.42 Å². The molecule has 38 heavy (non-hydrogen) atoms. The second-order valence-corrected chi connectivity index (χ2v) is 12.1. The molecule has 10 heteroatoms. The van der Waals surface area contributed by atoms with Gasteiger partial charge in [-0.3, -0.25) is 18.7 Å². The number of carbonyl (C=O) groups is 2. The van der Waals surface area contributed by atoms with Gasteiger partial charge in [-0.1, -0.05) is 79.1 Å². The molecule has 1 amide bonds. The highest BCUT2D eigenvalue weighted by molar-refractivity contribution is 7.79. The number of unbranched alkanes of at least 4 members (excludes halogenated alkanes) is 8. The molecule has 1 aromatic carbocycles. The first-order valence-corrected chi connectivity index (χ1v) is 15.1. The van der Waals surface area contributed by atoms with Crippen molar-refractivity contribution in [1.82, 2.24) is 0 Å². The number of aliphatic carboxylic acids is 1. The molecule has 0 saturated carbocycles. The van der Waals surface area contributed by atoms with Crippen molar-refractivity contribution in [2.75, 3.05) is 23.3 Å². The molecule has 0 atom stereocenters. The van der Waals surface area contributed by atoms with E-state index >= 15 is 0 Å². The Labute approximate surface area is 229 Å². The van der Waals surface area contributed by atoms with Crippen molar-refractivity contribution < 1.29 is 32.2 Å². The van der Waals surface area contributed by atoms with Gasteiger partial charge in [0.1, 0.15) is 0 Å². The zero-order valence-corrected chi connectivity index (χ0v) is 24.8. The number of anilines is 2. The molecule has 0 unspecified atom stereocenters. The lowest BCUT2D eigenvalue weighted by atomic mass is 9.90. The lowest BCUT2D eigenvalue weighted by molar-refractivity contribution is -0.136. The van der Waals surface area contributed by atoms with Gasteiger partial charge in [0, 0.05) is 18.5 Å². The summed E-state index contributed by atoms with van der Waals surface area (Å²) >= 11 is 0. The Morgan fingerprint density at radius 1 is 0.921 bits per heavy atom. The second-order valence-electron chi connectivity index (χ2n) is 11.2. The molecule has 1 aliphatic heterocycles. The Bertz CT molecular complexity index is 1040. The SMILES string of the molecule is CCCCCCCCCCCN1CCc2c(C)c(CC(=O)O)c(C)c(NC(=O)C(C)(C)C)c21.O=S(=O)(O)O. The maximum absolute atomic E-state index is 12.9. The highest BCUT2D eigenvalue weighted by Crippen LogP contribution is 2.43. The van der Waals surface area contributed by atoms with Crippen LogP contribution in [0.2, 0.25) is 0 Å². The van der Waals surface area contributed by atoms with Gasteiger partial charge in [0.25, 0.3) is 0 Å². The van der Waals surface area contributed by atoms with E-state index in [0.29, 0.717) is 0 Å². The molecule has 0 fully saturated rings. The Balaban J connectivity index is 0.00000132. The summed E-state index contributed by atoms with van der Waals surface area (Å²) in [5.74, 6) is -0.869. The van der Waals surface area contributed by atoms with Crippen LogP contribution in [0.4, 0.5) is 11.4 Å². The predicted octanol–water partition coefficient (Wildman–Crippen LogP) is 6.16. The van der Waals surface area contributed by atoms with Crippen molar-refractivity contribution in [1.29, 1.82) is 0 Å². The Morgan fingerprint density at radius 2 is 1.42 bits per heavy atom. The molecule has 0 spiro atoms. The minimum atomic E-state index is -4.67. The van der Waals surface area contributed by atoms with Gasteiger partial charge in [0.15, 0.2) is 0 Å². The van der Waals surface area contributed by atoms with E-state index in [4.69, 9.17) is 17.5 Å². The van der Waals surface area contributed by atoms with Crippen LogP contribution in [0.25, 0.3) is 0 Å². The largest absolute Gasteiger partial charge is 0.481 e. The van der Waals surface area contributed by atoms with E-state index in [1.54, 1.807) is 0 Å². The average Bonchev–Trinajstić information content (AvgIpc) is 3.20. The van der Waals surface area contributed by atoms with Gasteiger partial charge in [-0.25, -0.2) is 0 Å². The van der Waals surface area contributed by atoms with Crippen LogP contribution < -0.4 is 10.2 Å². The number of carbonyl (C=O) groups excluding carboxylic acids is 1. The minimum absolute atomic E-state index is 0.0123. The van der Waals surface area contributed by atoms with Crippen LogP contribution in [0.3, 0.4) is 0 Å². The van der Waals surface area contributed by atoms with E-state index in [-0.39, 0.29) is 12.3 Å². The Morgan fingerprint density at radius 3 is 1.89 bits per heavy atom. The number of nitrogens with zero attached hydrogens (tertiary/aromatic N) is 1. The van der Waals surface area contributed by atoms with Crippen molar-refractivity contribution in [3.8, 4) is 0 Å². The number of hydrogen-bond acceptors (Lipinski definition) is 5. The first-order valence-electron chi connectivity index (χ1n) is 13.7. The maximum Gasteiger partial charge on any atom is 0.394 e. The fraction of sp³-hybridized carbons (Fsp3) is 0.714. The average molecular weight is 557 g/mol. The molecule has 218 valence electrons. The fourth-order valence-corrected chi connectivity index (χ4v) is 4.84. The number of hydrogen-bond donors (Lipinski definition) is 4. The number of amides is 1. The summed E-state index contributed by atoms with van der Waals surface area (Å²) < 4.78 is 31.6. The standard InChI is InChI=1S/C28H46N2O3.H2O4S/c1-7-8-9-10-11-12-13-14-15-17-30-18-16-22-20(2)23(19-24(31)32)21(3)25(26(22)30)29-27(33)28(4,5)6;1-5(2,3)4/h7-19H2,1-6H3,(H,29,33)(H,31,32);(H2,1,2,3,4). The Kier molecular flexibility index (Phi) is 13.7. The van der Waals surface area contributed by atoms with Gasteiger partial charge in [-0.15, -0.1) is 0 Å². The van der Waals surface area contributed by atoms with E-state index in [1.165, 1.54) is 56.9 Å². The third kappa shape index (κ3) is 11.7. The molecule has 4 N–H and O–H groups in total. The molecule has 0 aliphatic carbocycles. The van der Waals surface area contributed by atoms with Gasteiger partial charge in [0.2, 0.25) is 5.91 Å². The van der Waals surface area contributed by atoms with Crippen LogP contribution in [0, 0.1) is 19.3 Å². The van der Waals surface area contributed by atoms with Crippen molar-refractivity contribution in [3.05, 3.63) is 22.3 Å². The number of carboxylic acid groups (broad SMARTS) is 1. The normalized spacial score (nSPS) is 13.1. The van der Waals surface area contributed by atoms with E-state index in [2.05, 4.69) is 17.1 Å². The molecular weight excluding hydrogens is 508 g/mol. The van der Waals surface area contributed by atoms with Crippen molar-refractivity contribution >= 4 is 33.7 Å². The molecule has 9 nitrogen and oxygen atoms in total. The van der Waals surface area contributed by atoms with E-state index in [0.717, 1.165) is 54.0 Å². The maximum atomic E-state index is 12.9. The van der Waals surface area contributed by atoms with Crippen LogP contribution in [-0.2, 0) is 32.8 Å². The highest BCUT2D eigenvalue weighted by Gasteiger charge is 2.31. The van der Waals surface area contributed by atoms with E-state index in [9.17, 15) is 14.7 Å². The minimum Gasteiger partial charge on any atom is -0.481 e. The van der Waals surface area contributed by atoms with Gasteiger partial charge in [-0.05, 0) is 48.9 Å². The number of fused-ring (bicyclic) bond motifs is 1. The first-order chi connectivity index (χ1) is 17.6.